The van der Waals surface area contributed by atoms with Crippen LogP contribution in [0.2, 0.25) is 0 Å². The van der Waals surface area contributed by atoms with E-state index in [1.165, 1.54) is 11.8 Å². The second-order valence-electron chi connectivity index (χ2n) is 5.54. The molecule has 0 spiro atoms. The number of anilines is 1. The molecule has 1 aromatic carbocycles. The van der Waals surface area contributed by atoms with Crippen LogP contribution in [0.4, 0.5) is 5.69 Å². The first-order valence-corrected chi connectivity index (χ1v) is 6.61. The van der Waals surface area contributed by atoms with Gasteiger partial charge in [0.25, 0.3) is 0 Å². The average Bonchev–Trinajstić information content (AvgIpc) is 2.38. The summed E-state index contributed by atoms with van der Waals surface area (Å²) in [5.74, 6) is 0.0950. The Bertz CT molecular complexity index is 547. The molecule has 0 saturated carbocycles. The topological polar surface area (TPSA) is 72.6 Å². The number of allylic oxidation sites excluding steroid dienone is 1. The Morgan fingerprint density at radius 1 is 1.29 bits per heavy atom. The largest absolute Gasteiger partial charge is 0.497 e. The lowest BCUT2D eigenvalue weighted by atomic mass is 9.87. The van der Waals surface area contributed by atoms with E-state index in [4.69, 9.17) is 10.5 Å². The molecule has 0 radical (unpaired) electrons. The third kappa shape index (κ3) is 4.08. The fourth-order valence-electron chi connectivity index (χ4n) is 1.99. The predicted molar refractivity (Wildman–Crippen MR) is 82.9 cm³/mol. The Morgan fingerprint density at radius 3 is 2.19 bits per heavy atom. The van der Waals surface area contributed by atoms with Crippen LogP contribution < -0.4 is 15.4 Å². The molecule has 2 amide bonds. The van der Waals surface area contributed by atoms with Crippen molar-refractivity contribution in [3.8, 4) is 5.75 Å². The maximum absolute atomic E-state index is 11.9. The summed E-state index contributed by atoms with van der Waals surface area (Å²) in [5.41, 5.74) is 5.80. The van der Waals surface area contributed by atoms with Gasteiger partial charge in [0.15, 0.2) is 0 Å². The van der Waals surface area contributed by atoms with Crippen molar-refractivity contribution in [1.29, 1.82) is 0 Å². The zero-order valence-corrected chi connectivity index (χ0v) is 13.0. The summed E-state index contributed by atoms with van der Waals surface area (Å²) in [4.78, 5) is 24.8. The molecule has 0 bridgehead atoms. The van der Waals surface area contributed by atoms with Gasteiger partial charge in [-0.2, -0.15) is 0 Å². The number of hydrogen-bond donors (Lipinski definition) is 1. The molecule has 1 aromatic rings. The van der Waals surface area contributed by atoms with Crippen LogP contribution in [0.3, 0.4) is 0 Å². The van der Waals surface area contributed by atoms with Crippen LogP contribution in [0.15, 0.2) is 36.5 Å². The lowest BCUT2D eigenvalue weighted by Crippen LogP contribution is -2.36. The van der Waals surface area contributed by atoms with E-state index < -0.39 is 11.3 Å². The fourth-order valence-corrected chi connectivity index (χ4v) is 1.99. The van der Waals surface area contributed by atoms with Gasteiger partial charge < -0.3 is 10.5 Å². The number of nitrogens with zero attached hydrogens (tertiary/aromatic N) is 1. The van der Waals surface area contributed by atoms with Gasteiger partial charge in [-0.15, -0.1) is 0 Å². The molecule has 0 atom stereocenters. The third-order valence-corrected chi connectivity index (χ3v) is 3.27. The number of ether oxygens (including phenoxy) is 1. The van der Waals surface area contributed by atoms with Gasteiger partial charge in [-0.05, 0) is 24.3 Å². The highest BCUT2D eigenvalue weighted by Gasteiger charge is 2.29. The first-order chi connectivity index (χ1) is 9.69. The Balaban J connectivity index is 3.03. The van der Waals surface area contributed by atoms with Gasteiger partial charge >= 0.3 is 0 Å². The van der Waals surface area contributed by atoms with Crippen molar-refractivity contribution in [1.82, 2.24) is 0 Å². The molecular formula is C16H22N2O3. The number of hydrogen-bond acceptors (Lipinski definition) is 3. The molecule has 1 rings (SSSR count). The third-order valence-electron chi connectivity index (χ3n) is 3.27. The number of rotatable bonds is 6. The minimum atomic E-state index is -0.767. The molecule has 0 unspecified atom stereocenters. The van der Waals surface area contributed by atoms with Crippen LogP contribution in [0.1, 0.15) is 27.2 Å². The van der Waals surface area contributed by atoms with Crippen molar-refractivity contribution in [2.45, 2.75) is 27.2 Å². The second-order valence-corrected chi connectivity index (χ2v) is 5.54. The normalized spacial score (nSPS) is 10.9. The van der Waals surface area contributed by atoms with Gasteiger partial charge in [0, 0.05) is 30.1 Å². The summed E-state index contributed by atoms with van der Waals surface area (Å²) in [6.45, 7) is 8.84. The van der Waals surface area contributed by atoms with Gasteiger partial charge in [0.1, 0.15) is 5.75 Å². The number of methoxy groups -OCH3 is 1. The molecule has 0 aliphatic heterocycles. The van der Waals surface area contributed by atoms with Crippen molar-refractivity contribution in [3.63, 3.8) is 0 Å². The SMILES string of the molecule is C=C(CC(C)(C)C(N)=O)N(C(C)=O)c1ccc(OC)cc1. The quantitative estimate of drug-likeness (QED) is 0.874. The van der Waals surface area contributed by atoms with Gasteiger partial charge in [-0.3, -0.25) is 14.5 Å². The van der Waals surface area contributed by atoms with E-state index in [-0.39, 0.29) is 5.91 Å². The summed E-state index contributed by atoms with van der Waals surface area (Å²) in [6, 6.07) is 7.06. The highest BCUT2D eigenvalue weighted by atomic mass is 16.5. The average molecular weight is 290 g/mol. The van der Waals surface area contributed by atoms with Gasteiger partial charge in [-0.1, -0.05) is 20.4 Å². The lowest BCUT2D eigenvalue weighted by Gasteiger charge is -2.29. The molecule has 5 nitrogen and oxygen atoms in total. The van der Waals surface area contributed by atoms with E-state index in [2.05, 4.69) is 6.58 Å². The Kier molecular flexibility index (Phi) is 5.13. The molecule has 114 valence electrons. The summed E-state index contributed by atoms with van der Waals surface area (Å²) in [7, 11) is 1.58. The van der Waals surface area contributed by atoms with Crippen molar-refractivity contribution >= 4 is 17.5 Å². The molecule has 21 heavy (non-hydrogen) atoms. The van der Waals surface area contributed by atoms with Crippen LogP contribution in [-0.2, 0) is 9.59 Å². The lowest BCUT2D eigenvalue weighted by molar-refractivity contribution is -0.126. The van der Waals surface area contributed by atoms with Gasteiger partial charge in [0.05, 0.1) is 7.11 Å². The van der Waals surface area contributed by atoms with Crippen molar-refractivity contribution in [2.24, 2.45) is 11.1 Å². The number of benzene rings is 1. The number of primary amides is 1. The van der Waals surface area contributed by atoms with E-state index in [0.29, 0.717) is 23.6 Å². The van der Waals surface area contributed by atoms with Crippen LogP contribution in [0.25, 0.3) is 0 Å². The summed E-state index contributed by atoms with van der Waals surface area (Å²) in [5, 5.41) is 0. The maximum Gasteiger partial charge on any atom is 0.228 e. The highest BCUT2D eigenvalue weighted by molar-refractivity contribution is 5.95. The zero-order valence-electron chi connectivity index (χ0n) is 13.0. The number of carbonyl (C=O) groups is 2. The van der Waals surface area contributed by atoms with Crippen molar-refractivity contribution < 1.29 is 14.3 Å². The van der Waals surface area contributed by atoms with Crippen LogP contribution in [0.5, 0.6) is 5.75 Å². The first-order valence-electron chi connectivity index (χ1n) is 6.61. The molecule has 0 aromatic heterocycles. The molecule has 0 heterocycles. The van der Waals surface area contributed by atoms with E-state index in [1.807, 2.05) is 0 Å². The maximum atomic E-state index is 11.9. The fraction of sp³-hybridized carbons (Fsp3) is 0.375. The van der Waals surface area contributed by atoms with Crippen LogP contribution in [-0.4, -0.2) is 18.9 Å². The smallest absolute Gasteiger partial charge is 0.228 e. The van der Waals surface area contributed by atoms with E-state index in [1.54, 1.807) is 45.2 Å². The van der Waals surface area contributed by atoms with Gasteiger partial charge in [0.2, 0.25) is 11.8 Å². The van der Waals surface area contributed by atoms with Gasteiger partial charge in [-0.25, -0.2) is 0 Å². The van der Waals surface area contributed by atoms with Crippen LogP contribution in [0, 0.1) is 5.41 Å². The molecule has 5 heteroatoms. The monoisotopic (exact) mass is 290 g/mol. The Morgan fingerprint density at radius 2 is 1.81 bits per heavy atom. The molecule has 0 aliphatic rings. The predicted octanol–water partition coefficient (Wildman–Crippen LogP) is 2.46. The zero-order chi connectivity index (χ0) is 16.2. The molecular weight excluding hydrogens is 268 g/mol. The molecule has 2 N–H and O–H groups in total. The van der Waals surface area contributed by atoms with Crippen molar-refractivity contribution in [2.75, 3.05) is 12.0 Å². The minimum absolute atomic E-state index is 0.176. The van der Waals surface area contributed by atoms with E-state index in [0.717, 1.165) is 0 Å². The summed E-state index contributed by atoms with van der Waals surface area (Å²) < 4.78 is 5.09. The first kappa shape index (κ1) is 16.8. The van der Waals surface area contributed by atoms with E-state index in [9.17, 15) is 9.59 Å². The van der Waals surface area contributed by atoms with Crippen LogP contribution >= 0.6 is 0 Å². The Hall–Kier alpha value is -2.30. The molecule has 0 saturated heterocycles. The highest BCUT2D eigenvalue weighted by Crippen LogP contribution is 2.30. The summed E-state index contributed by atoms with van der Waals surface area (Å²) in [6.07, 6.45) is 0.300. The second kappa shape index (κ2) is 6.43. The van der Waals surface area contributed by atoms with E-state index >= 15 is 0 Å². The molecule has 0 fully saturated rings. The standard InChI is InChI=1S/C16H22N2O3/c1-11(10-16(3,4)15(17)20)18(12(2)19)13-6-8-14(21-5)9-7-13/h6-9H,1,10H2,2-5H3,(H2,17,20). The van der Waals surface area contributed by atoms with Crippen molar-refractivity contribution in [3.05, 3.63) is 36.5 Å². The molecule has 0 aliphatic carbocycles. The Labute approximate surface area is 125 Å². The number of nitrogens with two attached hydrogens (primary N) is 1. The number of amides is 2. The minimum Gasteiger partial charge on any atom is -0.497 e. The summed E-state index contributed by atoms with van der Waals surface area (Å²) >= 11 is 0. The number of carbonyl (C=O) groups excluding carboxylic acids is 2.